The van der Waals surface area contributed by atoms with Crippen molar-refractivity contribution in [3.05, 3.63) is 34.5 Å². The van der Waals surface area contributed by atoms with E-state index in [1.165, 1.54) is 16.6 Å². The van der Waals surface area contributed by atoms with Crippen molar-refractivity contribution >= 4 is 22.5 Å². The van der Waals surface area contributed by atoms with E-state index in [4.69, 9.17) is 11.6 Å². The first-order chi connectivity index (χ1) is 8.16. The van der Waals surface area contributed by atoms with Gasteiger partial charge in [-0.25, -0.2) is 0 Å². The highest BCUT2D eigenvalue weighted by molar-refractivity contribution is 6.35. The summed E-state index contributed by atoms with van der Waals surface area (Å²) in [5.41, 5.74) is 3.91. The number of hydrogen-bond donors (Lipinski definition) is 1. The minimum absolute atomic E-state index is 0.841. The van der Waals surface area contributed by atoms with Crippen molar-refractivity contribution in [3.8, 4) is 0 Å². The third-order valence-electron chi connectivity index (χ3n) is 3.44. The average molecular weight is 251 g/mol. The summed E-state index contributed by atoms with van der Waals surface area (Å²) in [6, 6.07) is 6.16. The summed E-state index contributed by atoms with van der Waals surface area (Å²) >= 11 is 6.28. The van der Waals surface area contributed by atoms with Crippen LogP contribution in [0.5, 0.6) is 0 Å². The Labute approximate surface area is 108 Å². The molecular weight excluding hydrogens is 232 g/mol. The number of aryl methyl sites for hydroxylation is 2. The third-order valence-corrected chi connectivity index (χ3v) is 3.75. The maximum Gasteiger partial charge on any atom is 0.0672 e. The highest BCUT2D eigenvalue weighted by atomic mass is 35.5. The zero-order valence-electron chi connectivity index (χ0n) is 10.7. The Morgan fingerprint density at radius 1 is 1.35 bits per heavy atom. The van der Waals surface area contributed by atoms with Gasteiger partial charge in [0, 0.05) is 18.1 Å². The lowest BCUT2D eigenvalue weighted by Gasteiger charge is -2.02. The Bertz CT molecular complexity index is 528. The second-order valence-corrected chi connectivity index (χ2v) is 4.87. The maximum absolute atomic E-state index is 6.28. The first-order valence-corrected chi connectivity index (χ1v) is 6.41. The van der Waals surface area contributed by atoms with Crippen molar-refractivity contribution in [2.75, 3.05) is 13.6 Å². The van der Waals surface area contributed by atoms with Crippen LogP contribution < -0.4 is 5.32 Å². The number of benzene rings is 1. The lowest BCUT2D eigenvalue weighted by Crippen LogP contribution is -2.08. The van der Waals surface area contributed by atoms with E-state index >= 15 is 0 Å². The van der Waals surface area contributed by atoms with Crippen LogP contribution in [0.1, 0.15) is 17.7 Å². The molecule has 0 aliphatic carbocycles. The fourth-order valence-corrected chi connectivity index (χ4v) is 2.72. The van der Waals surface area contributed by atoms with E-state index in [2.05, 4.69) is 29.9 Å². The molecule has 0 saturated carbocycles. The average Bonchev–Trinajstić information content (AvgIpc) is 2.55. The van der Waals surface area contributed by atoms with Crippen molar-refractivity contribution in [1.29, 1.82) is 0 Å². The Kier molecular flexibility index (Phi) is 3.75. The molecule has 0 atom stereocenters. The van der Waals surface area contributed by atoms with Gasteiger partial charge < -0.3 is 9.88 Å². The van der Waals surface area contributed by atoms with Gasteiger partial charge in [-0.3, -0.25) is 0 Å². The number of para-hydroxylation sites is 1. The molecule has 0 radical (unpaired) electrons. The summed E-state index contributed by atoms with van der Waals surface area (Å²) in [4.78, 5) is 0. The van der Waals surface area contributed by atoms with E-state index in [1.54, 1.807) is 0 Å². The van der Waals surface area contributed by atoms with Crippen molar-refractivity contribution < 1.29 is 0 Å². The van der Waals surface area contributed by atoms with Crippen molar-refractivity contribution in [2.45, 2.75) is 19.8 Å². The van der Waals surface area contributed by atoms with Crippen LogP contribution in [0.4, 0.5) is 0 Å². The molecule has 3 heteroatoms. The van der Waals surface area contributed by atoms with Crippen LogP contribution in [0, 0.1) is 6.92 Å². The number of nitrogens with one attached hydrogen (secondary N) is 1. The van der Waals surface area contributed by atoms with Gasteiger partial charge in [-0.1, -0.05) is 23.7 Å². The standard InChI is InChI=1S/C14H19ClN2/c1-10-11(7-5-9-16-2)12-6-4-8-13(15)14(12)17(10)3/h4,6,8,16H,5,7,9H2,1-3H3. The fraction of sp³-hybridized carbons (Fsp3) is 0.429. The molecule has 1 heterocycles. The normalized spacial score (nSPS) is 11.3. The van der Waals surface area contributed by atoms with Gasteiger partial charge in [-0.15, -0.1) is 0 Å². The van der Waals surface area contributed by atoms with E-state index < -0.39 is 0 Å². The number of hydrogen-bond acceptors (Lipinski definition) is 1. The van der Waals surface area contributed by atoms with Crippen LogP contribution in [0.15, 0.2) is 18.2 Å². The SMILES string of the molecule is CNCCCc1c(C)n(C)c2c(Cl)cccc12. The Balaban J connectivity index is 2.48. The van der Waals surface area contributed by atoms with Gasteiger partial charge in [0.1, 0.15) is 0 Å². The van der Waals surface area contributed by atoms with Gasteiger partial charge in [-0.2, -0.15) is 0 Å². The van der Waals surface area contributed by atoms with Gasteiger partial charge in [0.15, 0.2) is 0 Å². The lowest BCUT2D eigenvalue weighted by molar-refractivity contribution is 0.722. The largest absolute Gasteiger partial charge is 0.346 e. The van der Waals surface area contributed by atoms with Gasteiger partial charge in [0.05, 0.1) is 10.5 Å². The predicted octanol–water partition coefficient (Wildman–Crippen LogP) is 3.29. The summed E-state index contributed by atoms with van der Waals surface area (Å²) in [7, 11) is 4.08. The van der Waals surface area contributed by atoms with Crippen LogP contribution >= 0.6 is 11.6 Å². The molecule has 1 aromatic carbocycles. The van der Waals surface area contributed by atoms with Crippen LogP contribution in [-0.4, -0.2) is 18.2 Å². The van der Waals surface area contributed by atoms with E-state index in [9.17, 15) is 0 Å². The Morgan fingerprint density at radius 3 is 2.82 bits per heavy atom. The molecule has 2 rings (SSSR count). The first-order valence-electron chi connectivity index (χ1n) is 6.03. The quantitative estimate of drug-likeness (QED) is 0.824. The highest BCUT2D eigenvalue weighted by Gasteiger charge is 2.13. The molecule has 0 bridgehead atoms. The van der Waals surface area contributed by atoms with E-state index in [1.807, 2.05) is 19.2 Å². The zero-order chi connectivity index (χ0) is 12.4. The second-order valence-electron chi connectivity index (χ2n) is 4.47. The van der Waals surface area contributed by atoms with Crippen LogP contribution in [0.3, 0.4) is 0 Å². The minimum atomic E-state index is 0.841. The zero-order valence-corrected chi connectivity index (χ0v) is 11.4. The van der Waals surface area contributed by atoms with Gasteiger partial charge >= 0.3 is 0 Å². The predicted molar refractivity (Wildman–Crippen MR) is 74.9 cm³/mol. The van der Waals surface area contributed by atoms with Crippen LogP contribution in [-0.2, 0) is 13.5 Å². The number of halogens is 1. The Morgan fingerprint density at radius 2 is 2.12 bits per heavy atom. The molecule has 0 fully saturated rings. The van der Waals surface area contributed by atoms with E-state index in [-0.39, 0.29) is 0 Å². The van der Waals surface area contributed by atoms with Crippen molar-refractivity contribution in [3.63, 3.8) is 0 Å². The second kappa shape index (κ2) is 5.11. The van der Waals surface area contributed by atoms with Gasteiger partial charge in [0.25, 0.3) is 0 Å². The number of rotatable bonds is 4. The molecule has 1 N–H and O–H groups in total. The van der Waals surface area contributed by atoms with Crippen LogP contribution in [0.2, 0.25) is 5.02 Å². The van der Waals surface area contributed by atoms with Gasteiger partial charge in [-0.05, 0) is 45.0 Å². The monoisotopic (exact) mass is 250 g/mol. The fourth-order valence-electron chi connectivity index (χ4n) is 2.42. The summed E-state index contributed by atoms with van der Waals surface area (Å²) < 4.78 is 2.20. The van der Waals surface area contributed by atoms with Crippen LogP contribution in [0.25, 0.3) is 10.9 Å². The first kappa shape index (κ1) is 12.5. The summed E-state index contributed by atoms with van der Waals surface area (Å²) in [6.07, 6.45) is 2.26. The number of aromatic nitrogens is 1. The topological polar surface area (TPSA) is 17.0 Å². The molecule has 1 aromatic heterocycles. The third kappa shape index (κ3) is 2.20. The molecular formula is C14H19ClN2. The molecule has 0 saturated heterocycles. The minimum Gasteiger partial charge on any atom is -0.346 e. The van der Waals surface area contributed by atoms with Gasteiger partial charge in [0.2, 0.25) is 0 Å². The molecule has 2 aromatic rings. The molecule has 2 nitrogen and oxygen atoms in total. The molecule has 17 heavy (non-hydrogen) atoms. The summed E-state index contributed by atoms with van der Waals surface area (Å²) in [5, 5.41) is 5.33. The van der Waals surface area contributed by atoms with E-state index in [0.29, 0.717) is 0 Å². The number of nitrogens with zero attached hydrogens (tertiary/aromatic N) is 1. The van der Waals surface area contributed by atoms with Crippen molar-refractivity contribution in [2.24, 2.45) is 7.05 Å². The number of fused-ring (bicyclic) bond motifs is 1. The molecule has 0 unspecified atom stereocenters. The molecule has 0 spiro atoms. The molecule has 92 valence electrons. The molecule has 0 aliphatic rings. The summed E-state index contributed by atoms with van der Waals surface area (Å²) in [6.45, 7) is 3.22. The smallest absolute Gasteiger partial charge is 0.0672 e. The molecule has 0 aliphatic heterocycles. The lowest BCUT2D eigenvalue weighted by atomic mass is 10.1. The van der Waals surface area contributed by atoms with E-state index in [0.717, 1.165) is 29.9 Å². The summed E-state index contributed by atoms with van der Waals surface area (Å²) in [5.74, 6) is 0. The maximum atomic E-state index is 6.28. The highest BCUT2D eigenvalue weighted by Crippen LogP contribution is 2.30. The molecule has 0 amide bonds. The van der Waals surface area contributed by atoms with Crippen molar-refractivity contribution in [1.82, 2.24) is 9.88 Å². The Hall–Kier alpha value is -0.990.